The maximum absolute atomic E-state index is 12.9. The first-order valence-corrected chi connectivity index (χ1v) is 9.97. The fraction of sp³-hybridized carbons (Fsp3) is 0.200. The number of nitro benzene ring substituents is 1. The van der Waals surface area contributed by atoms with Gasteiger partial charge in [-0.1, -0.05) is 11.6 Å². The van der Waals surface area contributed by atoms with Crippen LogP contribution in [0, 0.1) is 10.1 Å². The summed E-state index contributed by atoms with van der Waals surface area (Å²) in [6.45, 7) is -0.691. The molecule has 0 aromatic heterocycles. The number of nitro groups is 1. The standard InChI is InChI=1S/C15H11ClF3N5O6S/c1-30-8-2-3-11(24(26)27)12(4-8)31(28,29)21-14(25)10-6-22-7-23(15(17,18)19)5-9(16)13(22)20-10/h2-6H,7H2,1H3,(H,21,25)/p+1. The van der Waals surface area contributed by atoms with Crippen molar-refractivity contribution in [2.24, 2.45) is 4.99 Å². The molecule has 2 aliphatic rings. The van der Waals surface area contributed by atoms with Crippen molar-refractivity contribution in [1.82, 2.24) is 9.62 Å². The number of amides is 1. The number of carbonyl (C=O) groups is 1. The summed E-state index contributed by atoms with van der Waals surface area (Å²) in [5.41, 5.74) is -1.35. The van der Waals surface area contributed by atoms with Gasteiger partial charge in [-0.25, -0.2) is 22.9 Å². The Hall–Kier alpha value is -3.17. The number of hydrogen-bond acceptors (Lipinski definition) is 8. The predicted octanol–water partition coefficient (Wildman–Crippen LogP) is 0.420. The van der Waals surface area contributed by atoms with E-state index in [2.05, 4.69) is 4.99 Å². The number of sulfonamides is 1. The van der Waals surface area contributed by atoms with E-state index in [1.165, 1.54) is 7.11 Å². The molecule has 2 heterocycles. The molecular weight excluding hydrogens is 471 g/mol. The van der Waals surface area contributed by atoms with Gasteiger partial charge in [0.25, 0.3) is 27.5 Å². The smallest absolute Gasteiger partial charge is 0.488 e. The number of methoxy groups -OCH3 is 1. The fourth-order valence-electron chi connectivity index (χ4n) is 2.71. The fourth-order valence-corrected chi connectivity index (χ4v) is 4.14. The quantitative estimate of drug-likeness (QED) is 0.352. The van der Waals surface area contributed by atoms with Gasteiger partial charge < -0.3 is 4.74 Å². The molecule has 0 aliphatic carbocycles. The average Bonchev–Trinajstić information content (AvgIpc) is 3.11. The molecule has 166 valence electrons. The summed E-state index contributed by atoms with van der Waals surface area (Å²) in [5.74, 6) is -1.45. The molecule has 3 rings (SSSR count). The van der Waals surface area contributed by atoms with Crippen LogP contribution in [0.2, 0.25) is 0 Å². The highest BCUT2D eigenvalue weighted by atomic mass is 35.5. The van der Waals surface area contributed by atoms with Crippen LogP contribution in [-0.2, 0) is 14.8 Å². The monoisotopic (exact) mass is 482 g/mol. The Balaban J connectivity index is 1.88. The van der Waals surface area contributed by atoms with Gasteiger partial charge in [0.15, 0.2) is 17.3 Å². The summed E-state index contributed by atoms with van der Waals surface area (Å²) in [5, 5.41) is 10.8. The first kappa shape index (κ1) is 22.5. The number of fused-ring (bicyclic) bond motifs is 1. The van der Waals surface area contributed by atoms with E-state index in [1.54, 1.807) is 4.72 Å². The lowest BCUT2D eigenvalue weighted by Crippen LogP contribution is -3.12. The molecule has 0 saturated carbocycles. The molecule has 2 aliphatic heterocycles. The number of amidine groups is 1. The summed E-state index contributed by atoms with van der Waals surface area (Å²) in [4.78, 5) is 25.5. The molecule has 1 amide bonds. The zero-order valence-corrected chi connectivity index (χ0v) is 16.9. The predicted molar refractivity (Wildman–Crippen MR) is 98.2 cm³/mol. The second-order valence-corrected chi connectivity index (χ2v) is 8.17. The third-order valence-electron chi connectivity index (χ3n) is 4.12. The molecule has 1 unspecified atom stereocenters. The van der Waals surface area contributed by atoms with Crippen LogP contribution in [0.3, 0.4) is 0 Å². The lowest BCUT2D eigenvalue weighted by molar-refractivity contribution is -0.763. The van der Waals surface area contributed by atoms with Gasteiger partial charge in [0.2, 0.25) is 0 Å². The summed E-state index contributed by atoms with van der Waals surface area (Å²) >= 11 is 5.80. The summed E-state index contributed by atoms with van der Waals surface area (Å²) in [7, 11) is -3.56. The summed E-state index contributed by atoms with van der Waals surface area (Å²) < 4.78 is 70.4. The summed E-state index contributed by atoms with van der Waals surface area (Å²) in [6.07, 6.45) is -3.19. The molecule has 0 saturated heterocycles. The largest absolute Gasteiger partial charge is 0.497 e. The zero-order chi connectivity index (χ0) is 23.1. The molecule has 0 radical (unpaired) electrons. The molecule has 0 spiro atoms. The van der Waals surface area contributed by atoms with E-state index in [0.717, 1.165) is 24.4 Å². The molecule has 31 heavy (non-hydrogen) atoms. The van der Waals surface area contributed by atoms with Gasteiger partial charge in [0, 0.05) is 18.3 Å². The number of quaternary nitrogens is 1. The van der Waals surface area contributed by atoms with E-state index < -0.39 is 55.1 Å². The highest BCUT2D eigenvalue weighted by Gasteiger charge is 2.44. The number of halogens is 4. The second kappa shape index (κ2) is 7.82. The Bertz CT molecular complexity index is 1160. The molecule has 1 atom stereocenters. The van der Waals surface area contributed by atoms with Crippen LogP contribution < -0.4 is 14.4 Å². The van der Waals surface area contributed by atoms with E-state index >= 15 is 0 Å². The Kier molecular flexibility index (Phi) is 5.68. The third kappa shape index (κ3) is 4.47. The van der Waals surface area contributed by atoms with Gasteiger partial charge in [0.1, 0.15) is 17.0 Å². The van der Waals surface area contributed by atoms with Crippen LogP contribution in [0.25, 0.3) is 0 Å². The zero-order valence-electron chi connectivity index (χ0n) is 15.3. The number of rotatable bonds is 5. The first-order chi connectivity index (χ1) is 14.3. The number of ether oxygens (including phenoxy) is 1. The van der Waals surface area contributed by atoms with Gasteiger partial charge >= 0.3 is 6.30 Å². The Morgan fingerprint density at radius 3 is 2.68 bits per heavy atom. The number of alkyl halides is 3. The minimum Gasteiger partial charge on any atom is -0.497 e. The maximum Gasteiger partial charge on any atom is 0.488 e. The van der Waals surface area contributed by atoms with Crippen LogP contribution >= 0.6 is 11.6 Å². The van der Waals surface area contributed by atoms with Gasteiger partial charge in [-0.15, -0.1) is 13.2 Å². The maximum atomic E-state index is 12.9. The topological polar surface area (TPSA) is 136 Å². The van der Waals surface area contributed by atoms with Crippen molar-refractivity contribution in [3.63, 3.8) is 0 Å². The number of aliphatic imine (C=N–C) groups is 1. The molecule has 2 N–H and O–H groups in total. The third-order valence-corrected chi connectivity index (χ3v) is 5.76. The lowest BCUT2D eigenvalue weighted by atomic mass is 10.3. The number of carbonyl (C=O) groups excluding carboxylic acids is 1. The van der Waals surface area contributed by atoms with E-state index in [0.29, 0.717) is 6.20 Å². The number of nitrogens with zero attached hydrogens (tertiary/aromatic N) is 3. The van der Waals surface area contributed by atoms with Crippen molar-refractivity contribution in [3.05, 3.63) is 51.4 Å². The number of hydrogen-bond donors (Lipinski definition) is 2. The van der Waals surface area contributed by atoms with E-state index in [4.69, 9.17) is 16.3 Å². The molecule has 1 aromatic carbocycles. The minimum atomic E-state index is -4.76. The molecule has 0 fully saturated rings. The normalized spacial score (nSPS) is 18.5. The van der Waals surface area contributed by atoms with Crippen LogP contribution in [0.4, 0.5) is 18.9 Å². The van der Waals surface area contributed by atoms with Crippen LogP contribution in [0.1, 0.15) is 0 Å². The lowest BCUT2D eigenvalue weighted by Gasteiger charge is -2.28. The minimum absolute atomic E-state index is 0.0236. The van der Waals surface area contributed by atoms with Crippen LogP contribution in [0.5, 0.6) is 5.75 Å². The van der Waals surface area contributed by atoms with Gasteiger partial charge in [0.05, 0.1) is 12.0 Å². The van der Waals surface area contributed by atoms with E-state index in [9.17, 15) is 36.5 Å². The number of benzene rings is 1. The van der Waals surface area contributed by atoms with E-state index in [1.807, 2.05) is 0 Å². The van der Waals surface area contributed by atoms with Crippen LogP contribution in [0.15, 0.2) is 51.2 Å². The SMILES string of the molecule is COc1ccc([N+](=O)[O-])c(S(=O)(=O)NC(=O)C2=C[NH+]3CN(C(F)(F)F)C=C(Cl)C3=N2)c1. The molecular formula is C15H12ClF3N5O6S+. The van der Waals surface area contributed by atoms with Crippen molar-refractivity contribution in [3.8, 4) is 5.75 Å². The molecule has 16 heteroatoms. The van der Waals surface area contributed by atoms with Gasteiger partial charge in [-0.05, 0) is 6.07 Å². The summed E-state index contributed by atoms with van der Waals surface area (Å²) in [6, 6.07) is 2.89. The van der Waals surface area contributed by atoms with Crippen molar-refractivity contribution < 1.29 is 40.9 Å². The Labute approximate surface area is 177 Å². The van der Waals surface area contributed by atoms with E-state index in [-0.39, 0.29) is 21.4 Å². The second-order valence-electron chi connectivity index (χ2n) is 6.11. The first-order valence-electron chi connectivity index (χ1n) is 8.11. The highest BCUT2D eigenvalue weighted by molar-refractivity contribution is 7.90. The Morgan fingerprint density at radius 1 is 1.42 bits per heavy atom. The molecule has 1 aromatic rings. The number of nitrogens with one attached hydrogen (secondary N) is 2. The van der Waals surface area contributed by atoms with Crippen molar-refractivity contribution in [2.75, 3.05) is 13.8 Å². The van der Waals surface area contributed by atoms with Crippen molar-refractivity contribution in [2.45, 2.75) is 11.2 Å². The van der Waals surface area contributed by atoms with Gasteiger partial charge in [-0.2, -0.15) is 4.99 Å². The van der Waals surface area contributed by atoms with Crippen molar-refractivity contribution >= 4 is 39.1 Å². The van der Waals surface area contributed by atoms with Gasteiger partial charge in [-0.3, -0.25) is 14.9 Å². The molecule has 0 bridgehead atoms. The van der Waals surface area contributed by atoms with Crippen LogP contribution in [-0.4, -0.2) is 50.1 Å². The Morgan fingerprint density at radius 2 is 2.10 bits per heavy atom. The highest BCUT2D eigenvalue weighted by Crippen LogP contribution is 2.28. The molecule has 11 nitrogen and oxygen atoms in total. The van der Waals surface area contributed by atoms with Crippen molar-refractivity contribution in [1.29, 1.82) is 0 Å². The average molecular weight is 483 g/mol.